The lowest BCUT2D eigenvalue weighted by Gasteiger charge is -2.09. The van der Waals surface area contributed by atoms with Crippen LogP contribution in [0.5, 0.6) is 0 Å². The van der Waals surface area contributed by atoms with Crippen LogP contribution in [-0.4, -0.2) is 49.4 Å². The average Bonchev–Trinajstić information content (AvgIpc) is 3.48. The van der Waals surface area contributed by atoms with Gasteiger partial charge in [-0.25, -0.2) is 4.52 Å². The van der Waals surface area contributed by atoms with Gasteiger partial charge < -0.3 is 10.2 Å². The highest BCUT2D eigenvalue weighted by Crippen LogP contribution is 2.25. The van der Waals surface area contributed by atoms with Crippen molar-refractivity contribution in [3.8, 4) is 17.2 Å². The van der Waals surface area contributed by atoms with E-state index in [1.165, 1.54) is 6.42 Å². The van der Waals surface area contributed by atoms with Gasteiger partial charge in [0.1, 0.15) is 0 Å². The second kappa shape index (κ2) is 7.61. The quantitative estimate of drug-likeness (QED) is 0.556. The smallest absolute Gasteiger partial charge is 0.247 e. The topological polar surface area (TPSA) is 87.1 Å². The van der Waals surface area contributed by atoms with E-state index in [4.69, 9.17) is 5.26 Å². The van der Waals surface area contributed by atoms with Crippen LogP contribution in [0.4, 0.5) is 11.6 Å². The van der Waals surface area contributed by atoms with Crippen LogP contribution >= 0.6 is 0 Å². The molecular formula is C22H22N8. The normalized spacial score (nSPS) is 16.7. The van der Waals surface area contributed by atoms with E-state index in [1.807, 2.05) is 59.7 Å². The van der Waals surface area contributed by atoms with E-state index in [1.54, 1.807) is 4.52 Å². The molecule has 8 nitrogen and oxygen atoms in total. The van der Waals surface area contributed by atoms with Gasteiger partial charge in [-0.05, 0) is 55.8 Å². The first-order valence-electron chi connectivity index (χ1n) is 10.0. The molecule has 1 aromatic carbocycles. The van der Waals surface area contributed by atoms with Gasteiger partial charge in [-0.2, -0.15) is 15.3 Å². The maximum absolute atomic E-state index is 9.01. The van der Waals surface area contributed by atoms with E-state index in [-0.39, 0.29) is 0 Å². The lowest BCUT2D eigenvalue weighted by Crippen LogP contribution is -2.17. The molecule has 8 heteroatoms. The molecule has 5 rings (SSSR count). The summed E-state index contributed by atoms with van der Waals surface area (Å²) in [7, 11) is 2.16. The molecule has 4 heterocycles. The number of benzene rings is 1. The predicted molar refractivity (Wildman–Crippen MR) is 114 cm³/mol. The Morgan fingerprint density at radius 2 is 2.10 bits per heavy atom. The van der Waals surface area contributed by atoms with Crippen LogP contribution in [0.2, 0.25) is 0 Å². The molecule has 1 fully saturated rings. The van der Waals surface area contributed by atoms with Crippen molar-refractivity contribution in [1.29, 1.82) is 5.26 Å². The highest BCUT2D eigenvalue weighted by Gasteiger charge is 2.20. The Labute approximate surface area is 174 Å². The van der Waals surface area contributed by atoms with Crippen LogP contribution in [0.15, 0.2) is 55.0 Å². The summed E-state index contributed by atoms with van der Waals surface area (Å²) in [5.41, 5.74) is 4.22. The number of pyridine rings is 1. The molecule has 0 saturated carbocycles. The van der Waals surface area contributed by atoms with Gasteiger partial charge in [0.25, 0.3) is 0 Å². The first kappa shape index (κ1) is 18.3. The summed E-state index contributed by atoms with van der Waals surface area (Å²) in [4.78, 5) is 7.04. The van der Waals surface area contributed by atoms with E-state index >= 15 is 0 Å². The third-order valence-electron chi connectivity index (χ3n) is 5.51. The summed E-state index contributed by atoms with van der Waals surface area (Å²) in [5, 5.41) is 21.3. The summed E-state index contributed by atoms with van der Waals surface area (Å²) in [5.74, 6) is 1.17. The number of rotatable bonds is 5. The monoisotopic (exact) mass is 398 g/mol. The SMILES string of the molecule is CN1CCC(Cn2cc(Nc3nc4c(-c5ccc(C#N)cc5)cccn4n3)cn2)C1. The minimum absolute atomic E-state index is 0.524. The van der Waals surface area contributed by atoms with Crippen LogP contribution in [-0.2, 0) is 6.54 Å². The second-order valence-corrected chi connectivity index (χ2v) is 7.81. The van der Waals surface area contributed by atoms with Gasteiger partial charge in [0.05, 0.1) is 23.5 Å². The lowest BCUT2D eigenvalue weighted by atomic mass is 10.1. The van der Waals surface area contributed by atoms with Crippen molar-refractivity contribution < 1.29 is 0 Å². The number of fused-ring (bicyclic) bond motifs is 1. The average molecular weight is 398 g/mol. The lowest BCUT2D eigenvalue weighted by molar-refractivity contribution is 0.370. The van der Waals surface area contributed by atoms with E-state index < -0.39 is 0 Å². The maximum Gasteiger partial charge on any atom is 0.247 e. The van der Waals surface area contributed by atoms with Gasteiger partial charge in [0.15, 0.2) is 5.65 Å². The van der Waals surface area contributed by atoms with Gasteiger partial charge >= 0.3 is 0 Å². The summed E-state index contributed by atoms with van der Waals surface area (Å²) < 4.78 is 3.75. The van der Waals surface area contributed by atoms with Crippen LogP contribution in [0, 0.1) is 17.2 Å². The molecule has 1 aliphatic rings. The first-order chi connectivity index (χ1) is 14.7. The minimum atomic E-state index is 0.524. The Kier molecular flexibility index (Phi) is 4.65. The molecule has 1 atom stereocenters. The van der Waals surface area contributed by atoms with E-state index in [2.05, 4.69) is 38.5 Å². The Balaban J connectivity index is 1.36. The van der Waals surface area contributed by atoms with Crippen LogP contribution < -0.4 is 5.32 Å². The molecule has 1 N–H and O–H groups in total. The van der Waals surface area contributed by atoms with Crippen molar-refractivity contribution in [3.05, 3.63) is 60.6 Å². The number of nitrogens with zero attached hydrogens (tertiary/aromatic N) is 7. The summed E-state index contributed by atoms with van der Waals surface area (Å²) >= 11 is 0. The Morgan fingerprint density at radius 1 is 1.23 bits per heavy atom. The number of nitrogens with one attached hydrogen (secondary N) is 1. The van der Waals surface area contributed by atoms with Gasteiger partial charge in [-0.3, -0.25) is 4.68 Å². The van der Waals surface area contributed by atoms with Crippen molar-refractivity contribution in [1.82, 2.24) is 29.3 Å². The molecule has 0 bridgehead atoms. The van der Waals surface area contributed by atoms with E-state index in [9.17, 15) is 0 Å². The van der Waals surface area contributed by atoms with Crippen molar-refractivity contribution in [2.75, 3.05) is 25.5 Å². The number of nitriles is 1. The molecule has 0 radical (unpaired) electrons. The van der Waals surface area contributed by atoms with Crippen LogP contribution in [0.3, 0.4) is 0 Å². The number of hydrogen-bond donors (Lipinski definition) is 1. The largest absolute Gasteiger partial charge is 0.320 e. The molecule has 0 amide bonds. The Morgan fingerprint density at radius 3 is 2.87 bits per heavy atom. The van der Waals surface area contributed by atoms with Gasteiger partial charge in [-0.1, -0.05) is 12.1 Å². The van der Waals surface area contributed by atoms with E-state index in [0.29, 0.717) is 17.4 Å². The molecule has 1 unspecified atom stereocenters. The molecule has 30 heavy (non-hydrogen) atoms. The standard InChI is InChI=1S/C22H22N8/c1-28-10-8-17(13-28)14-29-15-19(12-24-29)25-22-26-21-20(3-2-9-30(21)27-22)18-6-4-16(11-23)5-7-18/h2-7,9,12,15,17H,8,10,13-14H2,1H3,(H,25,27). The molecule has 4 aromatic rings. The van der Waals surface area contributed by atoms with Crippen molar-refractivity contribution in [2.24, 2.45) is 5.92 Å². The Hall–Kier alpha value is -3.70. The molecule has 1 saturated heterocycles. The van der Waals surface area contributed by atoms with Crippen molar-refractivity contribution in [2.45, 2.75) is 13.0 Å². The van der Waals surface area contributed by atoms with Gasteiger partial charge in [-0.15, -0.1) is 5.10 Å². The maximum atomic E-state index is 9.01. The number of hydrogen-bond acceptors (Lipinski definition) is 6. The predicted octanol–water partition coefficient (Wildman–Crippen LogP) is 3.16. The summed E-state index contributed by atoms with van der Waals surface area (Å²) in [6.45, 7) is 3.20. The zero-order chi connectivity index (χ0) is 20.5. The fourth-order valence-corrected chi connectivity index (χ4v) is 4.01. The fraction of sp³-hybridized carbons (Fsp3) is 0.273. The molecule has 1 aliphatic heterocycles. The zero-order valence-electron chi connectivity index (χ0n) is 16.7. The molecule has 0 spiro atoms. The third kappa shape index (κ3) is 3.63. The fourth-order valence-electron chi connectivity index (χ4n) is 4.01. The van der Waals surface area contributed by atoms with Crippen molar-refractivity contribution in [3.63, 3.8) is 0 Å². The third-order valence-corrected chi connectivity index (χ3v) is 5.51. The highest BCUT2D eigenvalue weighted by molar-refractivity contribution is 5.78. The molecule has 0 aliphatic carbocycles. The molecular weight excluding hydrogens is 376 g/mol. The Bertz CT molecular complexity index is 1210. The molecule has 150 valence electrons. The second-order valence-electron chi connectivity index (χ2n) is 7.81. The van der Waals surface area contributed by atoms with Crippen molar-refractivity contribution >= 4 is 17.3 Å². The minimum Gasteiger partial charge on any atom is -0.320 e. The summed E-state index contributed by atoms with van der Waals surface area (Å²) in [6, 6.07) is 13.6. The number of likely N-dealkylation sites (tertiary alicyclic amines) is 1. The van der Waals surface area contributed by atoms with Crippen LogP contribution in [0.1, 0.15) is 12.0 Å². The number of anilines is 2. The van der Waals surface area contributed by atoms with Gasteiger partial charge in [0, 0.05) is 31.0 Å². The van der Waals surface area contributed by atoms with Crippen LogP contribution in [0.25, 0.3) is 16.8 Å². The first-order valence-corrected chi connectivity index (χ1v) is 10.0. The highest BCUT2D eigenvalue weighted by atomic mass is 15.4. The zero-order valence-corrected chi connectivity index (χ0v) is 16.7. The van der Waals surface area contributed by atoms with E-state index in [0.717, 1.165) is 42.1 Å². The number of aromatic nitrogens is 5. The molecule has 3 aromatic heterocycles. The van der Waals surface area contributed by atoms with Gasteiger partial charge in [0.2, 0.25) is 5.95 Å². The summed E-state index contributed by atoms with van der Waals surface area (Å²) in [6.07, 6.45) is 6.91.